The molecule has 0 atom stereocenters. The summed E-state index contributed by atoms with van der Waals surface area (Å²) < 4.78 is 48.6. The normalized spacial score (nSPS) is 11.8. The van der Waals surface area contributed by atoms with Crippen LogP contribution in [0.15, 0.2) is 104 Å². The number of fused-ring (bicyclic) bond motifs is 1. The molecule has 0 aliphatic rings. The van der Waals surface area contributed by atoms with Gasteiger partial charge in [-0.1, -0.05) is 54.1 Å². The number of halogens is 5. The van der Waals surface area contributed by atoms with Crippen LogP contribution >= 0.6 is 31.9 Å². The van der Waals surface area contributed by atoms with E-state index >= 15 is 0 Å². The minimum absolute atomic E-state index is 0.0118. The molecule has 0 bridgehead atoms. The molecule has 0 aliphatic carbocycles. The van der Waals surface area contributed by atoms with Gasteiger partial charge in [0.05, 0.1) is 31.6 Å². The van der Waals surface area contributed by atoms with Crippen molar-refractivity contribution in [3.63, 3.8) is 0 Å². The van der Waals surface area contributed by atoms with Crippen LogP contribution < -0.4 is 10.3 Å². The molecule has 40 heavy (non-hydrogen) atoms. The van der Waals surface area contributed by atoms with E-state index in [0.717, 1.165) is 27.9 Å². The lowest BCUT2D eigenvalue weighted by Gasteiger charge is -2.13. The summed E-state index contributed by atoms with van der Waals surface area (Å²) in [5.41, 5.74) is 1.87. The lowest BCUT2D eigenvalue weighted by Crippen LogP contribution is -2.20. The molecular weight excluding hydrogens is 651 g/mol. The van der Waals surface area contributed by atoms with Crippen LogP contribution in [0, 0.1) is 6.92 Å². The Morgan fingerprint density at radius 3 is 2.40 bits per heavy atom. The largest absolute Gasteiger partial charge is 0.487 e. The molecule has 4 aromatic carbocycles. The maximum Gasteiger partial charge on any atom is 0.416 e. The van der Waals surface area contributed by atoms with Crippen molar-refractivity contribution in [3.8, 4) is 17.1 Å². The molecule has 10 heteroatoms. The van der Waals surface area contributed by atoms with E-state index in [1.165, 1.54) is 18.3 Å². The van der Waals surface area contributed by atoms with Crippen LogP contribution in [0.5, 0.6) is 5.75 Å². The molecule has 0 amide bonds. The van der Waals surface area contributed by atoms with Gasteiger partial charge in [0, 0.05) is 5.56 Å². The standard InChI is InChI=1S/C30H20Br2F3N3O2/c1-18-6-4-7-19(12-18)17-40-27-24(31)13-20(14-25(27)32)16-36-38-28(21-8-5-9-22(15-21)30(33,34)35)37-26-11-3-2-10-23(26)29(38)39/h2-16H,17H2,1H3. The summed E-state index contributed by atoms with van der Waals surface area (Å²) in [5, 5.41) is 4.65. The van der Waals surface area contributed by atoms with Crippen LogP contribution in [0.25, 0.3) is 22.3 Å². The number of nitrogens with zero attached hydrogens (tertiary/aromatic N) is 3. The molecule has 0 N–H and O–H groups in total. The summed E-state index contributed by atoms with van der Waals surface area (Å²) in [6, 6.07) is 22.8. The van der Waals surface area contributed by atoms with Crippen LogP contribution in [0.1, 0.15) is 22.3 Å². The molecule has 5 nitrogen and oxygen atoms in total. The summed E-state index contributed by atoms with van der Waals surface area (Å²) >= 11 is 7.07. The van der Waals surface area contributed by atoms with Crippen LogP contribution in [-0.4, -0.2) is 15.9 Å². The number of benzene rings is 4. The molecule has 0 spiro atoms. The van der Waals surface area contributed by atoms with Crippen molar-refractivity contribution in [1.29, 1.82) is 0 Å². The molecule has 0 unspecified atom stereocenters. The van der Waals surface area contributed by atoms with E-state index in [2.05, 4.69) is 41.9 Å². The Balaban J connectivity index is 1.53. The molecule has 1 aromatic heterocycles. The number of rotatable bonds is 6. The van der Waals surface area contributed by atoms with Gasteiger partial charge in [-0.15, -0.1) is 0 Å². The average Bonchev–Trinajstić information content (AvgIpc) is 2.92. The van der Waals surface area contributed by atoms with Crippen LogP contribution in [0.2, 0.25) is 0 Å². The van der Waals surface area contributed by atoms with Gasteiger partial charge in [-0.05, 0) is 86.3 Å². The molecule has 0 saturated carbocycles. The van der Waals surface area contributed by atoms with Gasteiger partial charge in [-0.2, -0.15) is 22.9 Å². The second kappa shape index (κ2) is 11.4. The highest BCUT2D eigenvalue weighted by atomic mass is 79.9. The maximum atomic E-state index is 13.4. The summed E-state index contributed by atoms with van der Waals surface area (Å²) in [4.78, 5) is 17.9. The number of aryl methyl sites for hydroxylation is 1. The third kappa shape index (κ3) is 6.03. The van der Waals surface area contributed by atoms with Gasteiger partial charge in [0.1, 0.15) is 12.4 Å². The summed E-state index contributed by atoms with van der Waals surface area (Å²) in [6.45, 7) is 2.38. The highest BCUT2D eigenvalue weighted by Gasteiger charge is 2.31. The van der Waals surface area contributed by atoms with Crippen molar-refractivity contribution in [2.75, 3.05) is 0 Å². The first-order chi connectivity index (χ1) is 19.1. The number of alkyl halides is 3. The van der Waals surface area contributed by atoms with Crippen molar-refractivity contribution in [2.45, 2.75) is 19.7 Å². The van der Waals surface area contributed by atoms with E-state index in [0.29, 0.717) is 32.4 Å². The maximum absolute atomic E-state index is 13.4. The molecular formula is C30H20Br2F3N3O2. The minimum atomic E-state index is -4.55. The molecule has 5 rings (SSSR count). The van der Waals surface area contributed by atoms with E-state index < -0.39 is 17.3 Å². The highest BCUT2D eigenvalue weighted by Crippen LogP contribution is 2.35. The predicted molar refractivity (Wildman–Crippen MR) is 157 cm³/mol. The van der Waals surface area contributed by atoms with Crippen LogP contribution in [-0.2, 0) is 12.8 Å². The van der Waals surface area contributed by atoms with Crippen molar-refractivity contribution in [2.24, 2.45) is 5.10 Å². The molecule has 0 fully saturated rings. The zero-order valence-corrected chi connectivity index (χ0v) is 24.1. The second-order valence-electron chi connectivity index (χ2n) is 8.98. The Morgan fingerprint density at radius 1 is 0.950 bits per heavy atom. The fraction of sp³-hybridized carbons (Fsp3) is 0.100. The van der Waals surface area contributed by atoms with E-state index in [1.54, 1.807) is 36.4 Å². The van der Waals surface area contributed by atoms with E-state index in [9.17, 15) is 18.0 Å². The SMILES string of the molecule is Cc1cccc(COc2c(Br)cc(C=Nn3c(-c4cccc(C(F)(F)F)c4)nc4ccccc4c3=O)cc2Br)c1. The molecule has 5 aromatic rings. The molecule has 202 valence electrons. The topological polar surface area (TPSA) is 56.5 Å². The molecule has 0 radical (unpaired) electrons. The fourth-order valence-corrected chi connectivity index (χ4v) is 5.58. The van der Waals surface area contributed by atoms with Gasteiger partial charge < -0.3 is 4.74 Å². The molecule has 0 saturated heterocycles. The van der Waals surface area contributed by atoms with Gasteiger partial charge in [0.15, 0.2) is 5.82 Å². The van der Waals surface area contributed by atoms with Crippen LogP contribution in [0.3, 0.4) is 0 Å². The summed E-state index contributed by atoms with van der Waals surface area (Å²) in [6.07, 6.45) is -3.11. The predicted octanol–water partition coefficient (Wildman–Crippen LogP) is 8.38. The van der Waals surface area contributed by atoms with Crippen molar-refractivity contribution < 1.29 is 17.9 Å². The van der Waals surface area contributed by atoms with Gasteiger partial charge >= 0.3 is 6.18 Å². The van der Waals surface area contributed by atoms with Gasteiger partial charge in [0.2, 0.25) is 0 Å². The van der Waals surface area contributed by atoms with Crippen molar-refractivity contribution in [3.05, 3.63) is 126 Å². The van der Waals surface area contributed by atoms with Gasteiger partial charge in [0.25, 0.3) is 5.56 Å². The monoisotopic (exact) mass is 669 g/mol. The summed E-state index contributed by atoms with van der Waals surface area (Å²) in [7, 11) is 0. The lowest BCUT2D eigenvalue weighted by molar-refractivity contribution is -0.137. The Hall–Kier alpha value is -3.76. The van der Waals surface area contributed by atoms with Crippen LogP contribution in [0.4, 0.5) is 13.2 Å². The van der Waals surface area contributed by atoms with Crippen molar-refractivity contribution in [1.82, 2.24) is 9.66 Å². The van der Waals surface area contributed by atoms with E-state index in [1.807, 2.05) is 31.2 Å². The molecule has 1 heterocycles. The van der Waals surface area contributed by atoms with E-state index in [4.69, 9.17) is 4.74 Å². The summed E-state index contributed by atoms with van der Waals surface area (Å²) in [5.74, 6) is 0.579. The Kier molecular flexibility index (Phi) is 7.91. The van der Waals surface area contributed by atoms with E-state index in [-0.39, 0.29) is 16.8 Å². The Morgan fingerprint density at radius 2 is 1.68 bits per heavy atom. The highest BCUT2D eigenvalue weighted by molar-refractivity contribution is 9.11. The van der Waals surface area contributed by atoms with Gasteiger partial charge in [-0.3, -0.25) is 4.79 Å². The lowest BCUT2D eigenvalue weighted by atomic mass is 10.1. The first-order valence-corrected chi connectivity index (χ1v) is 13.6. The Labute approximate surface area is 244 Å². The number of hydrogen-bond acceptors (Lipinski definition) is 4. The first kappa shape index (κ1) is 27.8. The third-order valence-electron chi connectivity index (χ3n) is 6.01. The first-order valence-electron chi connectivity index (χ1n) is 12.0. The second-order valence-corrected chi connectivity index (χ2v) is 10.7. The zero-order chi connectivity index (χ0) is 28.4. The number of aromatic nitrogens is 2. The zero-order valence-electron chi connectivity index (χ0n) is 20.9. The fourth-order valence-electron chi connectivity index (χ4n) is 4.13. The Bertz CT molecular complexity index is 1790. The minimum Gasteiger partial charge on any atom is -0.487 e. The number of para-hydroxylation sites is 1. The smallest absolute Gasteiger partial charge is 0.416 e. The average molecular weight is 671 g/mol. The molecule has 0 aliphatic heterocycles. The number of ether oxygens (including phenoxy) is 1. The van der Waals surface area contributed by atoms with Gasteiger partial charge in [-0.25, -0.2) is 4.98 Å². The third-order valence-corrected chi connectivity index (χ3v) is 7.19. The van der Waals surface area contributed by atoms with Crippen molar-refractivity contribution >= 4 is 49.0 Å². The number of hydrogen-bond donors (Lipinski definition) is 0. The quantitative estimate of drug-likeness (QED) is 0.171.